The maximum Gasteiger partial charge on any atom is 0.179 e. The molecule has 1 aliphatic rings. The SMILES string of the molecule is CCOc1cnc(-c2ccccc2F)nc1NC1C=CC=NC=C1. The van der Waals surface area contributed by atoms with E-state index >= 15 is 0 Å². The Kier molecular flexibility index (Phi) is 4.96. The molecule has 1 N–H and O–H groups in total. The number of nitrogens with zero attached hydrogens (tertiary/aromatic N) is 3. The van der Waals surface area contributed by atoms with Crippen LogP contribution in [0.25, 0.3) is 11.4 Å². The van der Waals surface area contributed by atoms with E-state index in [1.807, 2.05) is 25.2 Å². The number of halogens is 1. The first-order chi connectivity index (χ1) is 11.8. The first-order valence-electron chi connectivity index (χ1n) is 7.66. The Morgan fingerprint density at radius 1 is 1.25 bits per heavy atom. The molecule has 24 heavy (non-hydrogen) atoms. The zero-order chi connectivity index (χ0) is 16.8. The summed E-state index contributed by atoms with van der Waals surface area (Å²) in [6.07, 6.45) is 10.6. The van der Waals surface area contributed by atoms with Crippen molar-refractivity contribution in [1.29, 1.82) is 0 Å². The van der Waals surface area contributed by atoms with Gasteiger partial charge in [0.05, 0.1) is 24.4 Å². The quantitative estimate of drug-likeness (QED) is 0.912. The number of aromatic nitrogens is 2. The van der Waals surface area contributed by atoms with Gasteiger partial charge >= 0.3 is 0 Å². The summed E-state index contributed by atoms with van der Waals surface area (Å²) in [7, 11) is 0. The predicted octanol–water partition coefficient (Wildman–Crippen LogP) is 3.62. The van der Waals surface area contributed by atoms with Crippen LogP contribution in [0.4, 0.5) is 10.2 Å². The molecule has 0 spiro atoms. The van der Waals surface area contributed by atoms with Gasteiger partial charge in [0.15, 0.2) is 17.4 Å². The van der Waals surface area contributed by atoms with E-state index in [2.05, 4.69) is 20.3 Å². The molecule has 5 nitrogen and oxygen atoms in total. The Morgan fingerprint density at radius 2 is 2.12 bits per heavy atom. The summed E-state index contributed by atoms with van der Waals surface area (Å²) in [5, 5.41) is 3.25. The largest absolute Gasteiger partial charge is 0.488 e. The van der Waals surface area contributed by atoms with E-state index in [9.17, 15) is 4.39 Å². The van der Waals surface area contributed by atoms with Crippen molar-refractivity contribution in [2.45, 2.75) is 13.0 Å². The molecule has 3 rings (SSSR count). The molecule has 1 unspecified atom stereocenters. The molecular weight excluding hydrogens is 307 g/mol. The first-order valence-corrected chi connectivity index (χ1v) is 7.66. The summed E-state index contributed by atoms with van der Waals surface area (Å²) < 4.78 is 19.6. The molecule has 0 radical (unpaired) electrons. The van der Waals surface area contributed by atoms with Crippen LogP contribution in [-0.2, 0) is 0 Å². The van der Waals surface area contributed by atoms with Crippen LogP contribution in [0.3, 0.4) is 0 Å². The van der Waals surface area contributed by atoms with Gasteiger partial charge in [-0.15, -0.1) is 0 Å². The number of allylic oxidation sites excluding steroid dienone is 1. The Labute approximate surface area is 139 Å². The molecule has 0 amide bonds. The van der Waals surface area contributed by atoms with E-state index in [1.54, 1.807) is 36.8 Å². The number of rotatable bonds is 5. The van der Waals surface area contributed by atoms with Crippen molar-refractivity contribution in [3.05, 3.63) is 60.7 Å². The second-order valence-electron chi connectivity index (χ2n) is 5.01. The minimum Gasteiger partial charge on any atom is -0.488 e. The van der Waals surface area contributed by atoms with Gasteiger partial charge in [0.1, 0.15) is 5.82 Å². The molecule has 1 aliphatic heterocycles. The van der Waals surface area contributed by atoms with Crippen LogP contribution < -0.4 is 10.1 Å². The highest BCUT2D eigenvalue weighted by Crippen LogP contribution is 2.27. The lowest BCUT2D eigenvalue weighted by atomic mass is 10.2. The van der Waals surface area contributed by atoms with Gasteiger partial charge in [0.2, 0.25) is 0 Å². The van der Waals surface area contributed by atoms with Gasteiger partial charge in [-0.3, -0.25) is 4.99 Å². The highest BCUT2D eigenvalue weighted by molar-refractivity contribution is 5.73. The standard InChI is InChI=1S/C18H17FN4O/c1-2-24-16-12-21-17(14-7-3-4-8-15(14)19)23-18(16)22-13-6-5-10-20-11-9-13/h3-13H,2H2,1H3,(H,21,22,23). The van der Waals surface area contributed by atoms with Crippen LogP contribution in [0.1, 0.15) is 6.92 Å². The minimum absolute atomic E-state index is 0.102. The fourth-order valence-corrected chi connectivity index (χ4v) is 2.24. The number of hydrogen-bond donors (Lipinski definition) is 1. The molecule has 2 aromatic rings. The lowest BCUT2D eigenvalue weighted by molar-refractivity contribution is 0.339. The normalized spacial score (nSPS) is 16.0. The Balaban J connectivity index is 1.96. The lowest BCUT2D eigenvalue weighted by Gasteiger charge is -2.15. The van der Waals surface area contributed by atoms with Crippen molar-refractivity contribution in [1.82, 2.24) is 9.97 Å². The lowest BCUT2D eigenvalue weighted by Crippen LogP contribution is -2.16. The topological polar surface area (TPSA) is 59.4 Å². The van der Waals surface area contributed by atoms with Gasteiger partial charge in [-0.25, -0.2) is 14.4 Å². The second kappa shape index (κ2) is 7.50. The van der Waals surface area contributed by atoms with Crippen LogP contribution in [0.15, 0.2) is 59.9 Å². The molecule has 1 aromatic heterocycles. The molecule has 2 heterocycles. The number of ether oxygens (including phenoxy) is 1. The molecule has 1 atom stereocenters. The molecule has 0 bridgehead atoms. The van der Waals surface area contributed by atoms with E-state index in [-0.39, 0.29) is 11.9 Å². The Bertz CT molecular complexity index is 785. The average Bonchev–Trinajstić information content (AvgIpc) is 2.86. The fraction of sp³-hybridized carbons (Fsp3) is 0.167. The van der Waals surface area contributed by atoms with E-state index in [0.29, 0.717) is 29.6 Å². The van der Waals surface area contributed by atoms with Crippen molar-refractivity contribution in [2.75, 3.05) is 11.9 Å². The van der Waals surface area contributed by atoms with Gasteiger partial charge in [0, 0.05) is 12.4 Å². The summed E-state index contributed by atoms with van der Waals surface area (Å²) in [6, 6.07) is 6.31. The number of anilines is 1. The van der Waals surface area contributed by atoms with Gasteiger partial charge in [-0.2, -0.15) is 0 Å². The van der Waals surface area contributed by atoms with Gasteiger partial charge < -0.3 is 10.1 Å². The van der Waals surface area contributed by atoms with Gasteiger partial charge in [-0.1, -0.05) is 18.2 Å². The summed E-state index contributed by atoms with van der Waals surface area (Å²) in [6.45, 7) is 2.37. The van der Waals surface area contributed by atoms with E-state index in [0.717, 1.165) is 0 Å². The van der Waals surface area contributed by atoms with Crippen molar-refractivity contribution >= 4 is 12.0 Å². The van der Waals surface area contributed by atoms with Crippen molar-refractivity contribution in [3.8, 4) is 17.1 Å². The van der Waals surface area contributed by atoms with Gasteiger partial charge in [0.25, 0.3) is 0 Å². The third-order valence-electron chi connectivity index (χ3n) is 3.34. The summed E-state index contributed by atoms with van der Waals surface area (Å²) >= 11 is 0. The van der Waals surface area contributed by atoms with Crippen molar-refractivity contribution in [2.24, 2.45) is 4.99 Å². The molecule has 0 saturated heterocycles. The summed E-state index contributed by atoms with van der Waals surface area (Å²) in [5.74, 6) is 0.961. The highest BCUT2D eigenvalue weighted by atomic mass is 19.1. The zero-order valence-electron chi connectivity index (χ0n) is 13.2. The second-order valence-corrected chi connectivity index (χ2v) is 5.01. The van der Waals surface area contributed by atoms with Gasteiger partial charge in [-0.05, 0) is 31.2 Å². The van der Waals surface area contributed by atoms with Crippen LogP contribution in [0.5, 0.6) is 5.75 Å². The number of hydrogen-bond acceptors (Lipinski definition) is 5. The van der Waals surface area contributed by atoms with E-state index in [4.69, 9.17) is 4.74 Å². The van der Waals surface area contributed by atoms with Crippen LogP contribution in [0.2, 0.25) is 0 Å². The molecule has 0 fully saturated rings. The third-order valence-corrected chi connectivity index (χ3v) is 3.34. The third kappa shape index (κ3) is 3.65. The molecular formula is C18H17FN4O. The zero-order valence-corrected chi connectivity index (χ0v) is 13.2. The number of aliphatic imine (C=N–C) groups is 1. The van der Waals surface area contributed by atoms with Crippen LogP contribution in [0, 0.1) is 5.82 Å². The highest BCUT2D eigenvalue weighted by Gasteiger charge is 2.14. The smallest absolute Gasteiger partial charge is 0.179 e. The average molecular weight is 324 g/mol. The minimum atomic E-state index is -0.365. The molecule has 0 saturated carbocycles. The van der Waals surface area contributed by atoms with E-state index in [1.165, 1.54) is 6.07 Å². The molecule has 1 aromatic carbocycles. The van der Waals surface area contributed by atoms with E-state index < -0.39 is 0 Å². The Hall–Kier alpha value is -3.02. The maximum atomic E-state index is 14.0. The number of benzene rings is 1. The fourth-order valence-electron chi connectivity index (χ4n) is 2.24. The molecule has 0 aliphatic carbocycles. The summed E-state index contributed by atoms with van der Waals surface area (Å²) in [5.41, 5.74) is 0.346. The van der Waals surface area contributed by atoms with Crippen LogP contribution in [-0.4, -0.2) is 28.8 Å². The first kappa shape index (κ1) is 15.9. The van der Waals surface area contributed by atoms with Crippen molar-refractivity contribution < 1.29 is 9.13 Å². The molecule has 122 valence electrons. The number of nitrogens with one attached hydrogen (secondary N) is 1. The molecule has 6 heteroatoms. The predicted molar refractivity (Wildman–Crippen MR) is 92.8 cm³/mol. The monoisotopic (exact) mass is 324 g/mol. The summed E-state index contributed by atoms with van der Waals surface area (Å²) in [4.78, 5) is 12.7. The van der Waals surface area contributed by atoms with Crippen LogP contribution >= 0.6 is 0 Å². The Morgan fingerprint density at radius 3 is 2.96 bits per heavy atom. The maximum absolute atomic E-state index is 14.0. The van der Waals surface area contributed by atoms with Crippen molar-refractivity contribution in [3.63, 3.8) is 0 Å².